The van der Waals surface area contributed by atoms with Gasteiger partial charge in [0.25, 0.3) is 0 Å². The molecule has 2 aliphatic heterocycles. The molecule has 0 bridgehead atoms. The molecule has 1 N–H and O–H groups in total. The second-order valence-corrected chi connectivity index (χ2v) is 9.28. The lowest BCUT2D eigenvalue weighted by atomic mass is 10.0. The summed E-state index contributed by atoms with van der Waals surface area (Å²) < 4.78 is 6.28. The Labute approximate surface area is 175 Å². The zero-order valence-electron chi connectivity index (χ0n) is 18.2. The Morgan fingerprint density at radius 1 is 1.07 bits per heavy atom. The number of ether oxygens (including phenoxy) is 1. The molecule has 0 spiro atoms. The van der Waals surface area contributed by atoms with E-state index in [1.54, 1.807) is 0 Å². The fourth-order valence-corrected chi connectivity index (χ4v) is 5.27. The van der Waals surface area contributed by atoms with Crippen molar-refractivity contribution < 1.29 is 9.53 Å². The Morgan fingerprint density at radius 3 is 2.48 bits per heavy atom. The van der Waals surface area contributed by atoms with Gasteiger partial charge in [-0.05, 0) is 82.7 Å². The normalized spacial score (nSPS) is 24.8. The highest BCUT2D eigenvalue weighted by molar-refractivity contribution is 5.93. The third-order valence-corrected chi connectivity index (χ3v) is 7.13. The van der Waals surface area contributed by atoms with E-state index in [-0.39, 0.29) is 5.91 Å². The zero-order valence-corrected chi connectivity index (χ0v) is 18.2. The third kappa shape index (κ3) is 5.32. The fraction of sp³-hybridized carbons (Fsp3) is 0.708. The number of anilines is 1. The largest absolute Gasteiger partial charge is 0.490 e. The van der Waals surface area contributed by atoms with Gasteiger partial charge < -0.3 is 15.0 Å². The van der Waals surface area contributed by atoms with Gasteiger partial charge in [-0.3, -0.25) is 9.69 Å². The van der Waals surface area contributed by atoms with Crippen molar-refractivity contribution in [2.75, 3.05) is 31.5 Å². The molecule has 1 aromatic carbocycles. The minimum atomic E-state index is 0.0785. The highest BCUT2D eigenvalue weighted by Gasteiger charge is 2.28. The number of piperidine rings is 1. The molecule has 5 heteroatoms. The lowest BCUT2D eigenvalue weighted by Crippen LogP contribution is -2.43. The predicted molar refractivity (Wildman–Crippen MR) is 118 cm³/mol. The van der Waals surface area contributed by atoms with E-state index in [2.05, 4.69) is 28.1 Å². The molecule has 1 unspecified atom stereocenters. The minimum absolute atomic E-state index is 0.0785. The molecule has 5 nitrogen and oxygen atoms in total. The van der Waals surface area contributed by atoms with Gasteiger partial charge >= 0.3 is 0 Å². The van der Waals surface area contributed by atoms with Gasteiger partial charge in [-0.25, -0.2) is 0 Å². The third-order valence-electron chi connectivity index (χ3n) is 7.13. The Morgan fingerprint density at radius 2 is 1.83 bits per heavy atom. The van der Waals surface area contributed by atoms with Crippen molar-refractivity contribution in [3.8, 4) is 5.75 Å². The topological polar surface area (TPSA) is 44.8 Å². The Bertz CT molecular complexity index is 693. The Kier molecular flexibility index (Phi) is 6.76. The van der Waals surface area contributed by atoms with Gasteiger partial charge in [-0.2, -0.15) is 0 Å². The van der Waals surface area contributed by atoms with E-state index in [9.17, 15) is 4.79 Å². The lowest BCUT2D eigenvalue weighted by Gasteiger charge is -2.36. The van der Waals surface area contributed by atoms with Crippen LogP contribution in [0.5, 0.6) is 5.75 Å². The van der Waals surface area contributed by atoms with Gasteiger partial charge in [0.1, 0.15) is 11.9 Å². The van der Waals surface area contributed by atoms with E-state index in [1.807, 2.05) is 19.1 Å². The number of benzene rings is 1. The quantitative estimate of drug-likeness (QED) is 0.779. The van der Waals surface area contributed by atoms with Crippen molar-refractivity contribution >= 4 is 11.6 Å². The highest BCUT2D eigenvalue weighted by Crippen LogP contribution is 2.28. The van der Waals surface area contributed by atoms with Crippen LogP contribution in [0.1, 0.15) is 63.9 Å². The number of carbonyl (C=O) groups is 1. The van der Waals surface area contributed by atoms with E-state index in [4.69, 9.17) is 4.74 Å². The molecule has 0 radical (unpaired) electrons. The summed E-state index contributed by atoms with van der Waals surface area (Å²) in [7, 11) is 0. The fourth-order valence-electron chi connectivity index (χ4n) is 5.27. The number of rotatable bonds is 6. The molecular weight excluding hydrogens is 362 g/mol. The van der Waals surface area contributed by atoms with E-state index in [0.717, 1.165) is 55.5 Å². The molecule has 160 valence electrons. The van der Waals surface area contributed by atoms with Crippen LogP contribution in [0.25, 0.3) is 0 Å². The SMILES string of the molecule is Cc1cc(OC2CCN(C3CCCC3)CC2)ccc1NC(=O)CN1CCCC1C. The van der Waals surface area contributed by atoms with Gasteiger partial charge in [0, 0.05) is 30.9 Å². The molecule has 0 aromatic heterocycles. The maximum Gasteiger partial charge on any atom is 0.238 e. The number of aryl methyl sites for hydroxylation is 1. The molecule has 1 atom stereocenters. The second-order valence-electron chi connectivity index (χ2n) is 9.28. The maximum atomic E-state index is 12.4. The smallest absolute Gasteiger partial charge is 0.238 e. The van der Waals surface area contributed by atoms with Crippen LogP contribution in [0.2, 0.25) is 0 Å². The molecule has 1 saturated carbocycles. The van der Waals surface area contributed by atoms with Crippen LogP contribution in [0.4, 0.5) is 5.69 Å². The van der Waals surface area contributed by atoms with Crippen molar-refractivity contribution in [3.63, 3.8) is 0 Å². The van der Waals surface area contributed by atoms with Gasteiger partial charge in [-0.15, -0.1) is 0 Å². The molecule has 1 aromatic rings. The first kappa shape index (κ1) is 20.7. The number of hydrogen-bond donors (Lipinski definition) is 1. The molecular formula is C24H37N3O2. The first-order valence-electron chi connectivity index (χ1n) is 11.6. The van der Waals surface area contributed by atoms with Gasteiger partial charge in [-0.1, -0.05) is 12.8 Å². The average molecular weight is 400 g/mol. The van der Waals surface area contributed by atoms with Crippen LogP contribution < -0.4 is 10.1 Å². The molecule has 4 rings (SSSR count). The summed E-state index contributed by atoms with van der Waals surface area (Å²) in [5.41, 5.74) is 1.96. The molecule has 1 aliphatic carbocycles. The number of carbonyl (C=O) groups excluding carboxylic acids is 1. The molecule has 3 fully saturated rings. The summed E-state index contributed by atoms with van der Waals surface area (Å²) in [5, 5.41) is 3.08. The van der Waals surface area contributed by atoms with Crippen LogP contribution >= 0.6 is 0 Å². The summed E-state index contributed by atoms with van der Waals surface area (Å²) in [6.45, 7) is 8.09. The molecule has 2 saturated heterocycles. The van der Waals surface area contributed by atoms with Crippen molar-refractivity contribution in [2.24, 2.45) is 0 Å². The molecule has 2 heterocycles. The van der Waals surface area contributed by atoms with Crippen molar-refractivity contribution in [1.82, 2.24) is 9.80 Å². The summed E-state index contributed by atoms with van der Waals surface area (Å²) in [5.74, 6) is 1.00. The van der Waals surface area contributed by atoms with Crippen molar-refractivity contribution in [2.45, 2.75) is 83.4 Å². The highest BCUT2D eigenvalue weighted by atomic mass is 16.5. The van der Waals surface area contributed by atoms with Crippen molar-refractivity contribution in [3.05, 3.63) is 23.8 Å². The average Bonchev–Trinajstić information content (AvgIpc) is 3.37. The number of hydrogen-bond acceptors (Lipinski definition) is 4. The summed E-state index contributed by atoms with van der Waals surface area (Å²) >= 11 is 0. The maximum absolute atomic E-state index is 12.4. The first-order valence-corrected chi connectivity index (χ1v) is 11.6. The van der Waals surface area contributed by atoms with Gasteiger partial charge in [0.15, 0.2) is 0 Å². The van der Waals surface area contributed by atoms with Crippen LogP contribution in [0, 0.1) is 6.92 Å². The lowest BCUT2D eigenvalue weighted by molar-refractivity contribution is -0.117. The number of nitrogens with zero attached hydrogens (tertiary/aromatic N) is 2. The second kappa shape index (κ2) is 9.48. The zero-order chi connectivity index (χ0) is 20.2. The Balaban J connectivity index is 1.25. The van der Waals surface area contributed by atoms with Crippen LogP contribution in [0.3, 0.4) is 0 Å². The van der Waals surface area contributed by atoms with Crippen LogP contribution in [-0.2, 0) is 4.79 Å². The van der Waals surface area contributed by atoms with Crippen LogP contribution in [-0.4, -0.2) is 60.1 Å². The summed E-state index contributed by atoms with van der Waals surface area (Å²) in [6.07, 6.45) is 10.5. The van der Waals surface area contributed by atoms with E-state index < -0.39 is 0 Å². The number of likely N-dealkylation sites (tertiary alicyclic amines) is 2. The predicted octanol–water partition coefficient (Wildman–Crippen LogP) is 4.20. The molecule has 3 aliphatic rings. The Hall–Kier alpha value is -1.59. The van der Waals surface area contributed by atoms with Gasteiger partial charge in [0.2, 0.25) is 5.91 Å². The number of amides is 1. The van der Waals surface area contributed by atoms with Crippen molar-refractivity contribution in [1.29, 1.82) is 0 Å². The van der Waals surface area contributed by atoms with E-state index in [0.29, 0.717) is 18.7 Å². The van der Waals surface area contributed by atoms with E-state index >= 15 is 0 Å². The minimum Gasteiger partial charge on any atom is -0.490 e. The van der Waals surface area contributed by atoms with Gasteiger partial charge in [0.05, 0.1) is 6.54 Å². The molecule has 1 amide bonds. The monoisotopic (exact) mass is 399 g/mol. The summed E-state index contributed by atoms with van der Waals surface area (Å²) in [6, 6.07) is 7.40. The summed E-state index contributed by atoms with van der Waals surface area (Å²) in [4.78, 5) is 17.4. The first-order chi connectivity index (χ1) is 14.1. The standard InChI is InChI=1S/C24H37N3O2/c1-18-16-22(29-21-11-14-26(15-12-21)20-7-3-4-8-20)9-10-23(18)25-24(28)17-27-13-5-6-19(27)2/h9-10,16,19-21H,3-8,11-15,17H2,1-2H3,(H,25,28). The van der Waals surface area contributed by atoms with Crippen LogP contribution in [0.15, 0.2) is 18.2 Å². The van der Waals surface area contributed by atoms with E-state index in [1.165, 1.54) is 38.5 Å². The molecule has 29 heavy (non-hydrogen) atoms. The number of nitrogens with one attached hydrogen (secondary N) is 1.